The Morgan fingerprint density at radius 3 is 2.30 bits per heavy atom. The van der Waals surface area contributed by atoms with E-state index in [1.165, 1.54) is 64.2 Å². The molecule has 0 radical (unpaired) electrons. The van der Waals surface area contributed by atoms with E-state index in [1.54, 1.807) is 5.57 Å². The highest BCUT2D eigenvalue weighted by Gasteiger charge is 2.61. The zero-order valence-electron chi connectivity index (χ0n) is 23.1. The number of fused-ring (bicyclic) bond motifs is 5. The number of hydrogen-bond donors (Lipinski definition) is 1. The average molecular weight is 459 g/mol. The van der Waals surface area contributed by atoms with Crippen LogP contribution in [-0.2, 0) is 4.89 Å². The molecular formula is C31H54O2. The van der Waals surface area contributed by atoms with E-state index < -0.39 is 0 Å². The van der Waals surface area contributed by atoms with E-state index in [0.717, 1.165) is 35.5 Å². The van der Waals surface area contributed by atoms with Crippen molar-refractivity contribution in [3.05, 3.63) is 11.6 Å². The summed E-state index contributed by atoms with van der Waals surface area (Å²) in [6, 6.07) is 0. The average Bonchev–Trinajstić information content (AvgIpc) is 3.10. The zero-order valence-corrected chi connectivity index (χ0v) is 23.1. The molecule has 3 saturated carbocycles. The fraction of sp³-hybridized carbons (Fsp3) is 0.935. The van der Waals surface area contributed by atoms with E-state index in [0.29, 0.717) is 16.7 Å². The largest absolute Gasteiger partial charge is 0.252 e. The third-order valence-corrected chi connectivity index (χ3v) is 12.0. The van der Waals surface area contributed by atoms with Crippen molar-refractivity contribution in [2.45, 2.75) is 126 Å². The summed E-state index contributed by atoms with van der Waals surface area (Å²) in [5.74, 6) is 5.70. The van der Waals surface area contributed by atoms with Gasteiger partial charge >= 0.3 is 0 Å². The Hall–Kier alpha value is -0.340. The van der Waals surface area contributed by atoms with Gasteiger partial charge in [0.05, 0.1) is 6.10 Å². The Balaban J connectivity index is 1.54. The molecule has 9 atom stereocenters. The zero-order chi connectivity index (χ0) is 24.2. The van der Waals surface area contributed by atoms with Gasteiger partial charge in [0, 0.05) is 0 Å². The first-order valence-electron chi connectivity index (χ1n) is 14.5. The first-order chi connectivity index (χ1) is 15.5. The minimum Gasteiger partial charge on any atom is -0.252 e. The van der Waals surface area contributed by atoms with Crippen molar-refractivity contribution in [3.63, 3.8) is 0 Å². The summed E-state index contributed by atoms with van der Waals surface area (Å²) in [5, 5.41) is 9.43. The minimum absolute atomic E-state index is 0.0920. The molecule has 1 N–H and O–H groups in total. The summed E-state index contributed by atoms with van der Waals surface area (Å²) in [4.78, 5) is 4.86. The van der Waals surface area contributed by atoms with E-state index in [2.05, 4.69) is 54.5 Å². The molecule has 0 aliphatic heterocycles. The van der Waals surface area contributed by atoms with E-state index in [1.807, 2.05) is 6.92 Å². The van der Waals surface area contributed by atoms with Crippen LogP contribution in [0.3, 0.4) is 0 Å². The second kappa shape index (κ2) is 9.27. The van der Waals surface area contributed by atoms with Crippen LogP contribution in [0, 0.1) is 57.7 Å². The van der Waals surface area contributed by atoms with Gasteiger partial charge in [0.2, 0.25) is 0 Å². The maximum Gasteiger partial charge on any atom is 0.0935 e. The molecule has 190 valence electrons. The van der Waals surface area contributed by atoms with Crippen LogP contribution in [0.4, 0.5) is 0 Å². The summed E-state index contributed by atoms with van der Waals surface area (Å²) in [7, 11) is 0. The number of rotatable bonds is 7. The third-order valence-electron chi connectivity index (χ3n) is 12.0. The van der Waals surface area contributed by atoms with Crippen LogP contribution in [0.2, 0.25) is 0 Å². The summed E-state index contributed by atoms with van der Waals surface area (Å²) < 4.78 is 0. The lowest BCUT2D eigenvalue weighted by Gasteiger charge is -2.62. The highest BCUT2D eigenvalue weighted by atomic mass is 17.1. The fourth-order valence-electron chi connectivity index (χ4n) is 10.3. The van der Waals surface area contributed by atoms with Crippen LogP contribution < -0.4 is 0 Å². The molecule has 9 unspecified atom stereocenters. The first kappa shape index (κ1) is 25.7. The van der Waals surface area contributed by atoms with Gasteiger partial charge in [-0.1, -0.05) is 79.4 Å². The summed E-state index contributed by atoms with van der Waals surface area (Å²) >= 11 is 0. The Morgan fingerprint density at radius 1 is 0.909 bits per heavy atom. The summed E-state index contributed by atoms with van der Waals surface area (Å²) in [6.45, 7) is 19.5. The van der Waals surface area contributed by atoms with Gasteiger partial charge in [0.15, 0.2) is 0 Å². The van der Waals surface area contributed by atoms with Crippen LogP contribution in [0.25, 0.3) is 0 Å². The van der Waals surface area contributed by atoms with E-state index >= 15 is 0 Å². The van der Waals surface area contributed by atoms with Crippen molar-refractivity contribution < 1.29 is 10.1 Å². The molecule has 3 fully saturated rings. The molecule has 0 aromatic heterocycles. The Kier molecular flexibility index (Phi) is 7.23. The van der Waals surface area contributed by atoms with Gasteiger partial charge in [0.1, 0.15) is 0 Å². The predicted octanol–water partition coefficient (Wildman–Crippen LogP) is 9.16. The maximum atomic E-state index is 9.43. The summed E-state index contributed by atoms with van der Waals surface area (Å²) in [5.41, 5.74) is 2.69. The van der Waals surface area contributed by atoms with Crippen molar-refractivity contribution in [2.75, 3.05) is 0 Å². The molecule has 0 spiro atoms. The molecule has 33 heavy (non-hydrogen) atoms. The molecule has 4 aliphatic carbocycles. The van der Waals surface area contributed by atoms with E-state index in [-0.39, 0.29) is 11.5 Å². The van der Waals surface area contributed by atoms with E-state index in [9.17, 15) is 5.26 Å². The molecule has 4 aliphatic rings. The second-order valence-corrected chi connectivity index (χ2v) is 14.4. The monoisotopic (exact) mass is 458 g/mol. The molecule has 0 aromatic rings. The normalized spacial score (nSPS) is 43.9. The lowest BCUT2D eigenvalue weighted by atomic mass is 9.43. The second-order valence-electron chi connectivity index (χ2n) is 14.4. The highest BCUT2D eigenvalue weighted by Crippen LogP contribution is 2.69. The van der Waals surface area contributed by atoms with Gasteiger partial charge in [-0.15, -0.1) is 0 Å². The lowest BCUT2D eigenvalue weighted by molar-refractivity contribution is -0.294. The number of allylic oxidation sites excluding steroid dienone is 2. The third kappa shape index (κ3) is 4.18. The molecule has 4 rings (SSSR count). The number of hydrogen-bond acceptors (Lipinski definition) is 2. The molecule has 0 bridgehead atoms. The predicted molar refractivity (Wildman–Crippen MR) is 139 cm³/mol. The smallest absolute Gasteiger partial charge is 0.0935 e. The van der Waals surface area contributed by atoms with Crippen molar-refractivity contribution in [1.82, 2.24) is 0 Å². The van der Waals surface area contributed by atoms with Gasteiger partial charge in [0.25, 0.3) is 0 Å². The van der Waals surface area contributed by atoms with Gasteiger partial charge < -0.3 is 0 Å². The maximum absolute atomic E-state index is 9.43. The Bertz CT molecular complexity index is 722. The van der Waals surface area contributed by atoms with Gasteiger partial charge in [-0.2, -0.15) is 0 Å². The van der Waals surface area contributed by atoms with Gasteiger partial charge in [-0.25, -0.2) is 4.89 Å². The van der Waals surface area contributed by atoms with Crippen LogP contribution in [0.5, 0.6) is 0 Å². The fourth-order valence-corrected chi connectivity index (χ4v) is 10.3. The Labute approximate surface area is 205 Å². The quantitative estimate of drug-likeness (QED) is 0.234. The van der Waals surface area contributed by atoms with Crippen LogP contribution >= 0.6 is 0 Å². The van der Waals surface area contributed by atoms with Crippen LogP contribution in [0.15, 0.2) is 11.6 Å². The minimum atomic E-state index is -0.0920. The summed E-state index contributed by atoms with van der Waals surface area (Å²) in [6.07, 6.45) is 16.4. The van der Waals surface area contributed by atoms with Crippen molar-refractivity contribution in [1.29, 1.82) is 0 Å². The molecule has 0 saturated heterocycles. The van der Waals surface area contributed by atoms with Gasteiger partial charge in [-0.05, 0) is 110 Å². The van der Waals surface area contributed by atoms with Gasteiger partial charge in [-0.3, -0.25) is 5.26 Å². The molecule has 0 heterocycles. The van der Waals surface area contributed by atoms with E-state index in [4.69, 9.17) is 4.89 Å². The van der Waals surface area contributed by atoms with Crippen molar-refractivity contribution in [3.8, 4) is 0 Å². The Morgan fingerprint density at radius 2 is 1.64 bits per heavy atom. The van der Waals surface area contributed by atoms with Crippen molar-refractivity contribution in [2.24, 2.45) is 57.7 Å². The first-order valence-corrected chi connectivity index (χ1v) is 14.5. The van der Waals surface area contributed by atoms with Crippen LogP contribution in [0.1, 0.15) is 120 Å². The molecule has 0 aromatic carbocycles. The highest BCUT2D eigenvalue weighted by molar-refractivity contribution is 5.31. The SMILES string of the molecule is CC(C)CCCC(C)C1CCC2C3CC=C4C(C)(C)C(C(C)OO)CCC4(C)C3CCC12C. The molecule has 2 heteroatoms. The molecule has 0 amide bonds. The molecule has 2 nitrogen and oxygen atoms in total. The molecular weight excluding hydrogens is 404 g/mol. The standard InChI is InChI=1S/C31H54O2/c1-20(2)10-9-11-21(3)24-13-14-26-23-12-15-28-29(5,6)25(22(4)33-32)16-19-31(28,8)27(23)17-18-30(24,26)7/h15,20-27,32H,9-14,16-19H2,1-8H3. The van der Waals surface area contributed by atoms with Crippen molar-refractivity contribution >= 4 is 0 Å². The lowest BCUT2D eigenvalue weighted by Crippen LogP contribution is -2.54. The van der Waals surface area contributed by atoms with Crippen LogP contribution in [-0.4, -0.2) is 11.4 Å². The topological polar surface area (TPSA) is 29.5 Å².